The zero-order chi connectivity index (χ0) is 15.0. The summed E-state index contributed by atoms with van der Waals surface area (Å²) in [6.07, 6.45) is 0. The minimum absolute atomic E-state index is 0.0167. The summed E-state index contributed by atoms with van der Waals surface area (Å²) < 4.78 is 10.6. The average Bonchev–Trinajstić information content (AvgIpc) is 3.04. The minimum Gasteiger partial charge on any atom is -0.454 e. The molecule has 1 fully saturated rings. The third kappa shape index (κ3) is 2.69. The molecule has 3 atom stereocenters. The number of hydrogen-bond acceptors (Lipinski definition) is 5. The number of hydrazine groups is 1. The second kappa shape index (κ2) is 5.54. The van der Waals surface area contributed by atoms with Crippen LogP contribution in [0.25, 0.3) is 0 Å². The summed E-state index contributed by atoms with van der Waals surface area (Å²) in [6, 6.07) is 5.96. The van der Waals surface area contributed by atoms with Gasteiger partial charge in [0.15, 0.2) is 11.5 Å². The van der Waals surface area contributed by atoms with Crippen molar-refractivity contribution in [2.45, 2.75) is 32.9 Å². The van der Waals surface area contributed by atoms with Gasteiger partial charge in [-0.25, -0.2) is 0 Å². The van der Waals surface area contributed by atoms with Crippen molar-refractivity contribution in [3.05, 3.63) is 18.2 Å². The Balaban J connectivity index is 1.68. The Kier molecular flexibility index (Phi) is 3.73. The molecule has 1 amide bonds. The van der Waals surface area contributed by atoms with Crippen LogP contribution in [0, 0.1) is 11.8 Å². The maximum atomic E-state index is 12.5. The van der Waals surface area contributed by atoms with Gasteiger partial charge in [-0.05, 0) is 26.0 Å². The predicted molar refractivity (Wildman–Crippen MR) is 79.0 cm³/mol. The molecular formula is C15H21N3O3. The van der Waals surface area contributed by atoms with Crippen molar-refractivity contribution in [2.24, 2.45) is 11.8 Å². The van der Waals surface area contributed by atoms with Gasteiger partial charge in [0.1, 0.15) is 0 Å². The van der Waals surface area contributed by atoms with Crippen LogP contribution in [0.5, 0.6) is 11.5 Å². The highest BCUT2D eigenvalue weighted by atomic mass is 16.7. The Morgan fingerprint density at radius 2 is 1.90 bits per heavy atom. The van der Waals surface area contributed by atoms with Gasteiger partial charge in [0.25, 0.3) is 0 Å². The largest absolute Gasteiger partial charge is 0.454 e. The molecule has 0 aliphatic carbocycles. The molecule has 2 aliphatic heterocycles. The normalized spacial score (nSPS) is 28.4. The molecular weight excluding hydrogens is 270 g/mol. The fourth-order valence-electron chi connectivity index (χ4n) is 3.16. The van der Waals surface area contributed by atoms with E-state index in [1.807, 2.05) is 19.1 Å². The number of anilines is 1. The number of carbonyl (C=O) groups excluding carboxylic acids is 1. The van der Waals surface area contributed by atoms with Crippen LogP contribution in [0.1, 0.15) is 20.8 Å². The zero-order valence-electron chi connectivity index (χ0n) is 12.5. The van der Waals surface area contributed by atoms with E-state index < -0.39 is 0 Å². The molecule has 0 bridgehead atoms. The molecule has 6 nitrogen and oxygen atoms in total. The molecule has 1 aromatic rings. The van der Waals surface area contributed by atoms with Crippen LogP contribution in [0.15, 0.2) is 18.2 Å². The van der Waals surface area contributed by atoms with Gasteiger partial charge in [0, 0.05) is 35.7 Å². The lowest BCUT2D eigenvalue weighted by atomic mass is 9.84. The van der Waals surface area contributed by atoms with Crippen molar-refractivity contribution in [1.29, 1.82) is 0 Å². The summed E-state index contributed by atoms with van der Waals surface area (Å²) in [7, 11) is 0. The topological polar surface area (TPSA) is 71.6 Å². The Labute approximate surface area is 124 Å². The number of ether oxygens (including phenoxy) is 2. The lowest BCUT2D eigenvalue weighted by Crippen LogP contribution is -2.36. The molecule has 0 spiro atoms. The van der Waals surface area contributed by atoms with Gasteiger partial charge in [-0.1, -0.05) is 6.92 Å². The first-order chi connectivity index (χ1) is 10.1. The van der Waals surface area contributed by atoms with Crippen molar-refractivity contribution in [2.75, 3.05) is 12.1 Å². The van der Waals surface area contributed by atoms with Crippen LogP contribution in [-0.2, 0) is 4.79 Å². The van der Waals surface area contributed by atoms with E-state index in [-0.39, 0.29) is 36.6 Å². The fraction of sp³-hybridized carbons (Fsp3) is 0.533. The highest BCUT2D eigenvalue weighted by Gasteiger charge is 2.37. The first-order valence-electron chi connectivity index (χ1n) is 7.28. The lowest BCUT2D eigenvalue weighted by Gasteiger charge is -2.24. The van der Waals surface area contributed by atoms with Gasteiger partial charge in [0.2, 0.25) is 12.7 Å². The number of benzene rings is 1. The summed E-state index contributed by atoms with van der Waals surface area (Å²) >= 11 is 0. The Bertz CT molecular complexity index is 539. The Hall–Kier alpha value is -1.79. The molecule has 3 unspecified atom stereocenters. The number of hydrogen-bond donors (Lipinski definition) is 3. The average molecular weight is 291 g/mol. The lowest BCUT2D eigenvalue weighted by molar-refractivity contribution is -0.121. The van der Waals surface area contributed by atoms with Crippen molar-refractivity contribution in [3.8, 4) is 11.5 Å². The van der Waals surface area contributed by atoms with E-state index in [0.717, 1.165) is 5.69 Å². The van der Waals surface area contributed by atoms with Crippen LogP contribution in [0.2, 0.25) is 0 Å². The molecule has 0 radical (unpaired) electrons. The summed E-state index contributed by atoms with van der Waals surface area (Å²) in [5, 5.41) is 2.96. The van der Waals surface area contributed by atoms with Gasteiger partial charge in [-0.2, -0.15) is 0 Å². The summed E-state index contributed by atoms with van der Waals surface area (Å²) in [5.74, 6) is 1.56. The molecule has 21 heavy (non-hydrogen) atoms. The number of rotatable bonds is 3. The third-order valence-corrected chi connectivity index (χ3v) is 4.32. The molecule has 0 saturated carbocycles. The second-order valence-corrected chi connectivity index (χ2v) is 5.79. The highest BCUT2D eigenvalue weighted by Crippen LogP contribution is 2.34. The van der Waals surface area contributed by atoms with E-state index >= 15 is 0 Å². The predicted octanol–water partition coefficient (Wildman–Crippen LogP) is 1.49. The van der Waals surface area contributed by atoms with E-state index in [1.54, 1.807) is 6.07 Å². The summed E-state index contributed by atoms with van der Waals surface area (Å²) in [6.45, 7) is 6.38. The monoisotopic (exact) mass is 291 g/mol. The first kappa shape index (κ1) is 14.2. The third-order valence-electron chi connectivity index (χ3n) is 4.32. The van der Waals surface area contributed by atoms with Gasteiger partial charge >= 0.3 is 0 Å². The summed E-state index contributed by atoms with van der Waals surface area (Å²) in [5.41, 5.74) is 7.10. The first-order valence-corrected chi connectivity index (χ1v) is 7.28. The van der Waals surface area contributed by atoms with E-state index in [4.69, 9.17) is 9.47 Å². The molecule has 6 heteroatoms. The van der Waals surface area contributed by atoms with Crippen LogP contribution < -0.4 is 25.6 Å². The molecule has 114 valence electrons. The van der Waals surface area contributed by atoms with Crippen LogP contribution in [-0.4, -0.2) is 24.8 Å². The van der Waals surface area contributed by atoms with E-state index in [1.165, 1.54) is 0 Å². The quantitative estimate of drug-likeness (QED) is 0.787. The second-order valence-electron chi connectivity index (χ2n) is 5.79. The number of amides is 1. The SMILES string of the molecule is CC1NNC(C)C1C(C)C(=O)Nc1ccc2c(c1)OCO2. The van der Waals surface area contributed by atoms with Crippen molar-refractivity contribution in [1.82, 2.24) is 10.9 Å². The van der Waals surface area contributed by atoms with Crippen molar-refractivity contribution < 1.29 is 14.3 Å². The van der Waals surface area contributed by atoms with Gasteiger partial charge in [-0.15, -0.1) is 0 Å². The Morgan fingerprint density at radius 3 is 2.62 bits per heavy atom. The minimum atomic E-state index is -0.0945. The summed E-state index contributed by atoms with van der Waals surface area (Å²) in [4.78, 5) is 12.5. The standard InChI is InChI=1S/C15H21N3O3/c1-8(14-9(2)17-18-10(14)3)15(19)16-11-4-5-12-13(6-11)21-7-20-12/h4-6,8-10,14,17-18H,7H2,1-3H3,(H,16,19). The van der Waals surface area contributed by atoms with E-state index in [9.17, 15) is 4.79 Å². The molecule has 1 aromatic carbocycles. The van der Waals surface area contributed by atoms with Crippen LogP contribution in [0.4, 0.5) is 5.69 Å². The van der Waals surface area contributed by atoms with Gasteiger partial charge < -0.3 is 14.8 Å². The van der Waals surface area contributed by atoms with Crippen molar-refractivity contribution in [3.63, 3.8) is 0 Å². The van der Waals surface area contributed by atoms with Gasteiger partial charge in [0.05, 0.1) is 0 Å². The highest BCUT2D eigenvalue weighted by molar-refractivity contribution is 5.93. The van der Waals surface area contributed by atoms with Crippen LogP contribution >= 0.6 is 0 Å². The molecule has 2 heterocycles. The molecule has 3 N–H and O–H groups in total. The Morgan fingerprint density at radius 1 is 1.24 bits per heavy atom. The zero-order valence-corrected chi connectivity index (χ0v) is 12.5. The number of carbonyl (C=O) groups is 1. The van der Waals surface area contributed by atoms with Crippen molar-refractivity contribution >= 4 is 11.6 Å². The van der Waals surface area contributed by atoms with E-state index in [0.29, 0.717) is 11.5 Å². The maximum Gasteiger partial charge on any atom is 0.231 e. The fourth-order valence-corrected chi connectivity index (χ4v) is 3.16. The van der Waals surface area contributed by atoms with E-state index in [2.05, 4.69) is 30.0 Å². The number of nitrogens with one attached hydrogen (secondary N) is 3. The molecule has 1 saturated heterocycles. The van der Waals surface area contributed by atoms with Crippen LogP contribution in [0.3, 0.4) is 0 Å². The molecule has 0 aromatic heterocycles. The smallest absolute Gasteiger partial charge is 0.231 e. The molecule has 3 rings (SSSR count). The maximum absolute atomic E-state index is 12.5. The number of fused-ring (bicyclic) bond motifs is 1. The van der Waals surface area contributed by atoms with Gasteiger partial charge in [-0.3, -0.25) is 15.6 Å². The molecule has 2 aliphatic rings.